The number of rotatable bonds is 5. The average Bonchev–Trinajstić information content (AvgIpc) is 3.12. The fourth-order valence-electron chi connectivity index (χ4n) is 2.30. The monoisotopic (exact) mass is 351 g/mol. The van der Waals surface area contributed by atoms with Crippen molar-refractivity contribution in [1.29, 1.82) is 0 Å². The molecule has 1 amide bonds. The van der Waals surface area contributed by atoms with Crippen molar-refractivity contribution < 1.29 is 4.79 Å². The standard InChI is InChI=1S/C15H17N5OS.ClH/c1-16-14(10-7-18-20(2)9-10)15(21)17-8-13-19-11-5-3-4-6-12(11)22-13;/h3-7,9,14,16H,8H2,1-2H3,(H,17,21);1H. The van der Waals surface area contributed by atoms with E-state index in [0.29, 0.717) is 6.54 Å². The molecule has 0 radical (unpaired) electrons. The van der Waals surface area contributed by atoms with E-state index >= 15 is 0 Å². The third-order valence-corrected chi connectivity index (χ3v) is 4.40. The van der Waals surface area contributed by atoms with Gasteiger partial charge >= 0.3 is 0 Å². The fourth-order valence-corrected chi connectivity index (χ4v) is 3.21. The zero-order valence-corrected chi connectivity index (χ0v) is 14.4. The average molecular weight is 352 g/mol. The van der Waals surface area contributed by atoms with Gasteiger partial charge in [0, 0.05) is 18.8 Å². The molecule has 1 aromatic carbocycles. The van der Waals surface area contributed by atoms with Crippen molar-refractivity contribution in [2.75, 3.05) is 7.05 Å². The lowest BCUT2D eigenvalue weighted by Crippen LogP contribution is -2.35. The van der Waals surface area contributed by atoms with Gasteiger partial charge < -0.3 is 10.6 Å². The Morgan fingerprint density at radius 2 is 2.17 bits per heavy atom. The molecule has 8 heteroatoms. The number of carbonyl (C=O) groups is 1. The number of aryl methyl sites for hydroxylation is 1. The summed E-state index contributed by atoms with van der Waals surface area (Å²) in [6.07, 6.45) is 3.52. The minimum atomic E-state index is -0.414. The summed E-state index contributed by atoms with van der Waals surface area (Å²) in [7, 11) is 3.59. The van der Waals surface area contributed by atoms with Crippen molar-refractivity contribution in [3.05, 3.63) is 47.2 Å². The lowest BCUT2D eigenvalue weighted by Gasteiger charge is -2.13. The van der Waals surface area contributed by atoms with Gasteiger partial charge in [-0.1, -0.05) is 12.1 Å². The van der Waals surface area contributed by atoms with Crippen LogP contribution in [0.2, 0.25) is 0 Å². The molecule has 1 atom stereocenters. The maximum absolute atomic E-state index is 12.3. The number of halogens is 1. The van der Waals surface area contributed by atoms with Crippen LogP contribution in [0.15, 0.2) is 36.7 Å². The Bertz CT molecular complexity index is 767. The lowest BCUT2D eigenvalue weighted by atomic mass is 10.1. The number of nitrogens with one attached hydrogen (secondary N) is 2. The fraction of sp³-hybridized carbons (Fsp3) is 0.267. The van der Waals surface area contributed by atoms with Crippen LogP contribution < -0.4 is 10.6 Å². The molecule has 2 N–H and O–H groups in total. The van der Waals surface area contributed by atoms with Gasteiger partial charge in [0.2, 0.25) is 5.91 Å². The highest BCUT2D eigenvalue weighted by Gasteiger charge is 2.20. The molecule has 2 aromatic heterocycles. The van der Waals surface area contributed by atoms with Gasteiger partial charge in [-0.15, -0.1) is 23.7 Å². The van der Waals surface area contributed by atoms with Crippen LogP contribution in [0.4, 0.5) is 0 Å². The zero-order valence-electron chi connectivity index (χ0n) is 12.8. The van der Waals surface area contributed by atoms with Crippen LogP contribution in [0.3, 0.4) is 0 Å². The van der Waals surface area contributed by atoms with Gasteiger partial charge in [0.05, 0.1) is 23.0 Å². The van der Waals surface area contributed by atoms with Crippen LogP contribution in [0.25, 0.3) is 10.2 Å². The van der Waals surface area contributed by atoms with Crippen LogP contribution >= 0.6 is 23.7 Å². The first-order valence-electron chi connectivity index (χ1n) is 6.95. The van der Waals surface area contributed by atoms with Crippen LogP contribution in [-0.4, -0.2) is 27.7 Å². The molecule has 3 aromatic rings. The van der Waals surface area contributed by atoms with Gasteiger partial charge in [0.1, 0.15) is 11.0 Å². The molecule has 6 nitrogen and oxygen atoms in total. The number of aromatic nitrogens is 3. The first-order chi connectivity index (χ1) is 10.7. The van der Waals surface area contributed by atoms with Gasteiger partial charge in [0.15, 0.2) is 0 Å². The maximum atomic E-state index is 12.3. The number of thiazole rings is 1. The number of benzene rings is 1. The number of para-hydroxylation sites is 1. The molecule has 3 rings (SSSR count). The molecular formula is C15H18ClN5OS. The first kappa shape index (κ1) is 17.4. The second-order valence-electron chi connectivity index (χ2n) is 4.96. The molecule has 0 fully saturated rings. The zero-order chi connectivity index (χ0) is 15.5. The van der Waals surface area contributed by atoms with E-state index in [1.807, 2.05) is 37.5 Å². The van der Waals surface area contributed by atoms with Crippen LogP contribution in [0.1, 0.15) is 16.6 Å². The number of hydrogen-bond acceptors (Lipinski definition) is 5. The van der Waals surface area contributed by atoms with E-state index in [1.165, 1.54) is 0 Å². The van der Waals surface area contributed by atoms with Crippen molar-refractivity contribution in [1.82, 2.24) is 25.4 Å². The molecule has 0 aliphatic heterocycles. The second-order valence-corrected chi connectivity index (χ2v) is 6.08. The molecule has 2 heterocycles. The van der Waals surface area contributed by atoms with Crippen LogP contribution in [-0.2, 0) is 18.4 Å². The second kappa shape index (κ2) is 7.54. The molecule has 23 heavy (non-hydrogen) atoms. The summed E-state index contributed by atoms with van der Waals surface area (Å²) in [5, 5.41) is 10.9. The minimum Gasteiger partial charge on any atom is -0.348 e. The Balaban J connectivity index is 0.00000192. The summed E-state index contributed by atoms with van der Waals surface area (Å²) in [5.41, 5.74) is 1.81. The summed E-state index contributed by atoms with van der Waals surface area (Å²) in [5.74, 6) is -0.0882. The van der Waals surface area contributed by atoms with Gasteiger partial charge in [-0.3, -0.25) is 9.48 Å². The first-order valence-corrected chi connectivity index (χ1v) is 7.77. The summed E-state index contributed by atoms with van der Waals surface area (Å²) in [4.78, 5) is 16.9. The minimum absolute atomic E-state index is 0. The van der Waals surface area contributed by atoms with E-state index < -0.39 is 6.04 Å². The SMILES string of the molecule is CNC(C(=O)NCc1nc2ccccc2s1)c1cnn(C)c1.Cl. The Hall–Kier alpha value is -1.96. The largest absolute Gasteiger partial charge is 0.348 e. The van der Waals surface area contributed by atoms with Gasteiger partial charge in [-0.05, 0) is 19.2 Å². The van der Waals surface area contributed by atoms with Crippen molar-refractivity contribution in [2.45, 2.75) is 12.6 Å². The number of nitrogens with zero attached hydrogens (tertiary/aromatic N) is 3. The molecule has 0 aliphatic rings. The van der Waals surface area contributed by atoms with E-state index in [1.54, 1.807) is 29.3 Å². The lowest BCUT2D eigenvalue weighted by molar-refractivity contribution is -0.123. The van der Waals surface area contributed by atoms with Crippen molar-refractivity contribution in [2.24, 2.45) is 7.05 Å². The quantitative estimate of drug-likeness (QED) is 0.737. The Labute approximate surface area is 144 Å². The third-order valence-electron chi connectivity index (χ3n) is 3.36. The molecule has 0 saturated carbocycles. The molecular weight excluding hydrogens is 334 g/mol. The molecule has 0 saturated heterocycles. The van der Waals surface area contributed by atoms with Crippen molar-refractivity contribution in [3.63, 3.8) is 0 Å². The number of likely N-dealkylation sites (N-methyl/N-ethyl adjacent to an activating group) is 1. The van der Waals surface area contributed by atoms with E-state index in [2.05, 4.69) is 20.7 Å². The smallest absolute Gasteiger partial charge is 0.242 e. The highest BCUT2D eigenvalue weighted by Crippen LogP contribution is 2.21. The molecule has 122 valence electrons. The van der Waals surface area contributed by atoms with E-state index in [-0.39, 0.29) is 18.3 Å². The van der Waals surface area contributed by atoms with Crippen LogP contribution in [0.5, 0.6) is 0 Å². The van der Waals surface area contributed by atoms with E-state index in [0.717, 1.165) is 20.8 Å². The Kier molecular flexibility index (Phi) is 5.70. The van der Waals surface area contributed by atoms with Crippen molar-refractivity contribution in [3.8, 4) is 0 Å². The number of hydrogen-bond donors (Lipinski definition) is 2. The molecule has 1 unspecified atom stereocenters. The Morgan fingerprint density at radius 1 is 1.39 bits per heavy atom. The summed E-state index contributed by atoms with van der Waals surface area (Å²) < 4.78 is 2.81. The van der Waals surface area contributed by atoms with E-state index in [4.69, 9.17) is 0 Å². The maximum Gasteiger partial charge on any atom is 0.242 e. The van der Waals surface area contributed by atoms with Gasteiger partial charge in [0.25, 0.3) is 0 Å². The number of carbonyl (C=O) groups excluding carboxylic acids is 1. The van der Waals surface area contributed by atoms with Crippen molar-refractivity contribution >= 4 is 39.9 Å². The predicted molar refractivity (Wildman–Crippen MR) is 93.7 cm³/mol. The molecule has 0 aliphatic carbocycles. The molecule has 0 bridgehead atoms. The van der Waals surface area contributed by atoms with E-state index in [9.17, 15) is 4.79 Å². The Morgan fingerprint density at radius 3 is 2.83 bits per heavy atom. The number of amides is 1. The third kappa shape index (κ3) is 3.87. The van der Waals surface area contributed by atoms with Crippen LogP contribution in [0, 0.1) is 0 Å². The van der Waals surface area contributed by atoms with Gasteiger partial charge in [-0.25, -0.2) is 4.98 Å². The summed E-state index contributed by atoms with van der Waals surface area (Å²) in [6, 6.07) is 7.54. The summed E-state index contributed by atoms with van der Waals surface area (Å²) >= 11 is 1.60. The predicted octanol–water partition coefficient (Wildman–Crippen LogP) is 2.03. The van der Waals surface area contributed by atoms with Gasteiger partial charge in [-0.2, -0.15) is 5.10 Å². The highest BCUT2D eigenvalue weighted by atomic mass is 35.5. The summed E-state index contributed by atoms with van der Waals surface area (Å²) in [6.45, 7) is 0.427. The molecule has 0 spiro atoms. The highest BCUT2D eigenvalue weighted by molar-refractivity contribution is 7.18. The normalized spacial score (nSPS) is 11.9. The number of fused-ring (bicyclic) bond motifs is 1. The topological polar surface area (TPSA) is 71.8 Å².